The van der Waals surface area contributed by atoms with E-state index < -0.39 is 5.97 Å². The van der Waals surface area contributed by atoms with E-state index in [0.29, 0.717) is 30.3 Å². The van der Waals surface area contributed by atoms with Gasteiger partial charge >= 0.3 is 5.97 Å². The second kappa shape index (κ2) is 11.4. The first-order valence-electron chi connectivity index (χ1n) is 10.8. The molecular weight excluding hydrogens is 394 g/mol. The molecule has 0 aromatic heterocycles. The molecular formula is C25H33NO5. The Labute approximate surface area is 184 Å². The lowest BCUT2D eigenvalue weighted by Gasteiger charge is -2.20. The number of benzene rings is 2. The maximum Gasteiger partial charge on any atom is 0.338 e. The first-order valence-corrected chi connectivity index (χ1v) is 10.8. The molecule has 0 saturated carbocycles. The van der Waals surface area contributed by atoms with Gasteiger partial charge in [0.2, 0.25) is 0 Å². The first kappa shape index (κ1) is 24.3. The van der Waals surface area contributed by atoms with Crippen LogP contribution in [0.3, 0.4) is 0 Å². The summed E-state index contributed by atoms with van der Waals surface area (Å²) in [7, 11) is 0. The molecule has 1 amide bonds. The summed E-state index contributed by atoms with van der Waals surface area (Å²) in [5, 5.41) is 2.95. The lowest BCUT2D eigenvalue weighted by molar-refractivity contribution is -0.119. The van der Waals surface area contributed by atoms with Crippen molar-refractivity contribution in [3.05, 3.63) is 53.1 Å². The summed E-state index contributed by atoms with van der Waals surface area (Å²) in [6.45, 7) is 12.6. The molecule has 0 fully saturated rings. The highest BCUT2D eigenvalue weighted by Crippen LogP contribution is 2.32. The van der Waals surface area contributed by atoms with Gasteiger partial charge < -0.3 is 19.5 Å². The zero-order chi connectivity index (χ0) is 23.0. The van der Waals surface area contributed by atoms with E-state index in [1.807, 2.05) is 32.0 Å². The number of hydrogen-bond acceptors (Lipinski definition) is 5. The molecule has 0 aliphatic rings. The van der Waals surface area contributed by atoms with Gasteiger partial charge in [0.05, 0.1) is 18.8 Å². The summed E-state index contributed by atoms with van der Waals surface area (Å²) in [5.74, 6) is 0.551. The lowest BCUT2D eigenvalue weighted by atomic mass is 9.92. The second-order valence-electron chi connectivity index (χ2n) is 7.77. The third-order valence-electron chi connectivity index (χ3n) is 4.75. The molecule has 0 atom stereocenters. The molecule has 0 bridgehead atoms. The van der Waals surface area contributed by atoms with Crippen LogP contribution in [0.1, 0.15) is 74.9 Å². The molecule has 0 aliphatic carbocycles. The van der Waals surface area contributed by atoms with Gasteiger partial charge in [0.1, 0.15) is 0 Å². The molecule has 0 radical (unpaired) electrons. The molecule has 0 aliphatic heterocycles. The van der Waals surface area contributed by atoms with Gasteiger partial charge in [-0.2, -0.15) is 0 Å². The van der Waals surface area contributed by atoms with Gasteiger partial charge in [-0.1, -0.05) is 45.9 Å². The van der Waals surface area contributed by atoms with E-state index in [9.17, 15) is 9.59 Å². The fourth-order valence-corrected chi connectivity index (χ4v) is 3.26. The molecule has 0 unspecified atom stereocenters. The van der Waals surface area contributed by atoms with Crippen LogP contribution in [0.2, 0.25) is 0 Å². The number of carbonyl (C=O) groups excluding carboxylic acids is 2. The van der Waals surface area contributed by atoms with Crippen LogP contribution in [0, 0.1) is 0 Å². The smallest absolute Gasteiger partial charge is 0.338 e. The Hall–Kier alpha value is -3.02. The molecule has 2 aromatic rings. The summed E-state index contributed by atoms with van der Waals surface area (Å²) in [4.78, 5) is 25.1. The number of esters is 1. The minimum absolute atomic E-state index is 0.248. The average Bonchev–Trinajstić information content (AvgIpc) is 2.73. The summed E-state index contributed by atoms with van der Waals surface area (Å²) in [5.41, 5.74) is 3.20. The maximum atomic E-state index is 12.6. The number of ether oxygens (including phenoxy) is 3. The van der Waals surface area contributed by atoms with E-state index in [4.69, 9.17) is 14.2 Å². The van der Waals surface area contributed by atoms with Gasteiger partial charge in [-0.25, -0.2) is 4.79 Å². The third kappa shape index (κ3) is 6.48. The van der Waals surface area contributed by atoms with Gasteiger partial charge in [-0.05, 0) is 55.0 Å². The Bertz CT molecular complexity index is 879. The van der Waals surface area contributed by atoms with Crippen LogP contribution in [0.5, 0.6) is 11.5 Å². The van der Waals surface area contributed by atoms with E-state index in [-0.39, 0.29) is 24.3 Å². The molecule has 1 N–H and O–H groups in total. The van der Waals surface area contributed by atoms with Crippen molar-refractivity contribution in [1.82, 2.24) is 0 Å². The molecule has 2 aromatic carbocycles. The Morgan fingerprint density at radius 3 is 2.00 bits per heavy atom. The monoisotopic (exact) mass is 427 g/mol. The van der Waals surface area contributed by atoms with Crippen molar-refractivity contribution in [1.29, 1.82) is 0 Å². The van der Waals surface area contributed by atoms with Crippen molar-refractivity contribution in [3.8, 4) is 11.5 Å². The highest BCUT2D eigenvalue weighted by Gasteiger charge is 2.18. The summed E-state index contributed by atoms with van der Waals surface area (Å²) < 4.78 is 16.3. The van der Waals surface area contributed by atoms with Crippen molar-refractivity contribution in [2.24, 2.45) is 0 Å². The van der Waals surface area contributed by atoms with E-state index in [2.05, 4.69) is 33.0 Å². The van der Waals surface area contributed by atoms with Crippen molar-refractivity contribution in [2.75, 3.05) is 25.1 Å². The molecule has 0 spiro atoms. The van der Waals surface area contributed by atoms with Crippen LogP contribution in [0.15, 0.2) is 36.4 Å². The van der Waals surface area contributed by atoms with E-state index in [1.165, 1.54) is 0 Å². The highest BCUT2D eigenvalue weighted by atomic mass is 16.5. The van der Waals surface area contributed by atoms with Gasteiger partial charge in [-0.3, -0.25) is 4.79 Å². The predicted octanol–water partition coefficient (Wildman–Crippen LogP) is 5.53. The minimum Gasteiger partial charge on any atom is -0.490 e. The largest absolute Gasteiger partial charge is 0.490 e. The Morgan fingerprint density at radius 1 is 0.871 bits per heavy atom. The minimum atomic E-state index is -0.597. The van der Waals surface area contributed by atoms with E-state index >= 15 is 0 Å². The van der Waals surface area contributed by atoms with Gasteiger partial charge in [-0.15, -0.1) is 0 Å². The summed E-state index contributed by atoms with van der Waals surface area (Å²) >= 11 is 0. The van der Waals surface area contributed by atoms with Crippen molar-refractivity contribution in [3.63, 3.8) is 0 Å². The van der Waals surface area contributed by atoms with E-state index in [0.717, 1.165) is 16.8 Å². The SMILES string of the molecule is CCOc1ccc(C(=O)OCC(=O)Nc2c(C(C)C)cccc2C(C)C)cc1OCC. The fraction of sp³-hybridized carbons (Fsp3) is 0.440. The number of rotatable bonds is 10. The van der Waals surface area contributed by atoms with Crippen LogP contribution in [0.4, 0.5) is 5.69 Å². The lowest BCUT2D eigenvalue weighted by Crippen LogP contribution is -2.22. The van der Waals surface area contributed by atoms with Crippen LogP contribution in [-0.2, 0) is 9.53 Å². The topological polar surface area (TPSA) is 73.9 Å². The van der Waals surface area contributed by atoms with Crippen molar-refractivity contribution < 1.29 is 23.8 Å². The number of carbonyl (C=O) groups is 2. The summed E-state index contributed by atoms with van der Waals surface area (Å²) in [6, 6.07) is 10.8. The molecule has 0 heterocycles. The van der Waals surface area contributed by atoms with E-state index in [1.54, 1.807) is 18.2 Å². The quantitative estimate of drug-likeness (QED) is 0.505. The zero-order valence-electron chi connectivity index (χ0n) is 19.3. The van der Waals surface area contributed by atoms with Gasteiger partial charge in [0, 0.05) is 5.69 Å². The van der Waals surface area contributed by atoms with Crippen LogP contribution in [0.25, 0.3) is 0 Å². The standard InChI is InChI=1S/C25H33NO5/c1-7-29-21-13-12-18(14-22(21)30-8-2)25(28)31-15-23(27)26-24-19(16(3)4)10-9-11-20(24)17(5)6/h9-14,16-17H,7-8,15H2,1-6H3,(H,26,27). The molecule has 31 heavy (non-hydrogen) atoms. The molecule has 0 saturated heterocycles. The maximum absolute atomic E-state index is 12.6. The number of nitrogens with one attached hydrogen (secondary N) is 1. The summed E-state index contributed by atoms with van der Waals surface area (Å²) in [6.07, 6.45) is 0. The zero-order valence-corrected chi connectivity index (χ0v) is 19.3. The predicted molar refractivity (Wildman–Crippen MR) is 122 cm³/mol. The Morgan fingerprint density at radius 2 is 1.45 bits per heavy atom. The first-order chi connectivity index (χ1) is 14.8. The third-order valence-corrected chi connectivity index (χ3v) is 4.75. The number of hydrogen-bond donors (Lipinski definition) is 1. The molecule has 6 nitrogen and oxygen atoms in total. The van der Waals surface area contributed by atoms with Crippen molar-refractivity contribution >= 4 is 17.6 Å². The average molecular weight is 428 g/mol. The number of amides is 1. The molecule has 6 heteroatoms. The highest BCUT2D eigenvalue weighted by molar-refractivity contribution is 5.96. The van der Waals surface area contributed by atoms with Crippen LogP contribution in [-0.4, -0.2) is 31.7 Å². The van der Waals surface area contributed by atoms with Crippen molar-refractivity contribution in [2.45, 2.75) is 53.4 Å². The fourth-order valence-electron chi connectivity index (χ4n) is 3.26. The Kier molecular flexibility index (Phi) is 8.91. The Balaban J connectivity index is 2.10. The van der Waals surface area contributed by atoms with Crippen LogP contribution < -0.4 is 14.8 Å². The molecule has 168 valence electrons. The number of anilines is 1. The molecule has 2 rings (SSSR count). The number of para-hydroxylation sites is 1. The van der Waals surface area contributed by atoms with Gasteiger partial charge in [0.15, 0.2) is 18.1 Å². The van der Waals surface area contributed by atoms with Gasteiger partial charge in [0.25, 0.3) is 5.91 Å². The normalized spacial score (nSPS) is 10.8. The van der Waals surface area contributed by atoms with Crippen LogP contribution >= 0.6 is 0 Å². The second-order valence-corrected chi connectivity index (χ2v) is 7.77.